The van der Waals surface area contributed by atoms with Crippen LogP contribution in [0.15, 0.2) is 27.5 Å². The largest absolute Gasteiger partial charge is 0.367 e. The highest BCUT2D eigenvalue weighted by Crippen LogP contribution is 2.15. The molecular weight excluding hydrogens is 262 g/mol. The maximum atomic E-state index is 11.9. The van der Waals surface area contributed by atoms with Crippen LogP contribution in [0.4, 0.5) is 0 Å². The SMILES string of the molecule is Cc1[nH]c(=O)sc1S(=O)(=O)NCc1cc[nH]c1. The predicted molar refractivity (Wildman–Crippen MR) is 64.5 cm³/mol. The van der Waals surface area contributed by atoms with Crippen molar-refractivity contribution >= 4 is 21.4 Å². The van der Waals surface area contributed by atoms with Crippen LogP contribution in [0.3, 0.4) is 0 Å². The van der Waals surface area contributed by atoms with Crippen LogP contribution >= 0.6 is 11.3 Å². The van der Waals surface area contributed by atoms with Crippen molar-refractivity contribution in [2.45, 2.75) is 17.7 Å². The summed E-state index contributed by atoms with van der Waals surface area (Å²) >= 11 is 0.689. The number of H-pyrrole nitrogens is 2. The van der Waals surface area contributed by atoms with Crippen LogP contribution in [0.2, 0.25) is 0 Å². The monoisotopic (exact) mass is 273 g/mol. The Bertz CT molecular complexity index is 652. The highest BCUT2D eigenvalue weighted by Gasteiger charge is 2.19. The van der Waals surface area contributed by atoms with E-state index in [2.05, 4.69) is 14.7 Å². The minimum absolute atomic E-state index is 0.0398. The van der Waals surface area contributed by atoms with Crippen LogP contribution in [0, 0.1) is 6.92 Å². The van der Waals surface area contributed by atoms with Gasteiger partial charge in [-0.05, 0) is 18.6 Å². The molecule has 3 N–H and O–H groups in total. The molecule has 0 aliphatic heterocycles. The van der Waals surface area contributed by atoms with Gasteiger partial charge < -0.3 is 9.97 Å². The molecule has 8 heteroatoms. The Morgan fingerprint density at radius 3 is 2.76 bits per heavy atom. The molecule has 0 aromatic carbocycles. The fourth-order valence-electron chi connectivity index (χ4n) is 1.36. The van der Waals surface area contributed by atoms with Gasteiger partial charge in [0, 0.05) is 24.6 Å². The molecule has 0 bridgehead atoms. The van der Waals surface area contributed by atoms with E-state index in [9.17, 15) is 13.2 Å². The number of aryl methyl sites for hydroxylation is 1. The molecule has 0 aliphatic carbocycles. The average molecular weight is 273 g/mol. The van der Waals surface area contributed by atoms with Gasteiger partial charge in [-0.25, -0.2) is 13.1 Å². The Morgan fingerprint density at radius 2 is 2.24 bits per heavy atom. The first-order valence-electron chi connectivity index (χ1n) is 4.80. The van der Waals surface area contributed by atoms with Crippen LogP contribution in [-0.4, -0.2) is 18.4 Å². The van der Waals surface area contributed by atoms with Crippen LogP contribution < -0.4 is 9.60 Å². The summed E-state index contributed by atoms with van der Waals surface area (Å²) in [5.74, 6) is 0. The zero-order valence-corrected chi connectivity index (χ0v) is 10.6. The maximum absolute atomic E-state index is 11.9. The zero-order valence-electron chi connectivity index (χ0n) is 8.98. The van der Waals surface area contributed by atoms with E-state index in [4.69, 9.17) is 0 Å². The molecule has 2 aromatic heterocycles. The summed E-state index contributed by atoms with van der Waals surface area (Å²) in [5, 5.41) is 0. The molecular formula is C9H11N3O3S2. The van der Waals surface area contributed by atoms with Crippen LogP contribution in [-0.2, 0) is 16.6 Å². The molecule has 2 rings (SSSR count). The number of aromatic nitrogens is 2. The second-order valence-corrected chi connectivity index (χ2v) is 6.42. The van der Waals surface area contributed by atoms with E-state index >= 15 is 0 Å². The van der Waals surface area contributed by atoms with Gasteiger partial charge >= 0.3 is 4.87 Å². The third-order valence-electron chi connectivity index (χ3n) is 2.15. The third kappa shape index (κ3) is 2.65. The number of aromatic amines is 2. The minimum atomic E-state index is -3.62. The molecule has 0 saturated heterocycles. The summed E-state index contributed by atoms with van der Waals surface area (Å²) in [5.41, 5.74) is 1.19. The van der Waals surface area contributed by atoms with E-state index in [0.29, 0.717) is 17.0 Å². The lowest BCUT2D eigenvalue weighted by atomic mass is 10.4. The molecule has 0 fully saturated rings. The van der Waals surface area contributed by atoms with Gasteiger partial charge in [-0.3, -0.25) is 4.79 Å². The summed E-state index contributed by atoms with van der Waals surface area (Å²) in [7, 11) is -3.62. The van der Waals surface area contributed by atoms with Gasteiger partial charge in [0.15, 0.2) is 4.21 Å². The number of thiazole rings is 1. The van der Waals surface area contributed by atoms with Crippen LogP contribution in [0.5, 0.6) is 0 Å². The summed E-state index contributed by atoms with van der Waals surface area (Å²) in [4.78, 5) is 16.0. The third-order valence-corrected chi connectivity index (χ3v) is 5.16. The number of sulfonamides is 1. The predicted octanol–water partition coefficient (Wildman–Crippen LogP) is 0.551. The van der Waals surface area contributed by atoms with Gasteiger partial charge in [-0.1, -0.05) is 11.3 Å². The normalized spacial score (nSPS) is 11.8. The van der Waals surface area contributed by atoms with E-state index in [-0.39, 0.29) is 15.6 Å². The van der Waals surface area contributed by atoms with Crippen molar-refractivity contribution in [1.82, 2.24) is 14.7 Å². The lowest BCUT2D eigenvalue weighted by Gasteiger charge is -2.03. The second-order valence-electron chi connectivity index (χ2n) is 3.47. The first-order valence-corrected chi connectivity index (χ1v) is 7.10. The van der Waals surface area contributed by atoms with Crippen LogP contribution in [0.1, 0.15) is 11.3 Å². The maximum Gasteiger partial charge on any atom is 0.305 e. The molecule has 0 atom stereocenters. The molecule has 0 aliphatic rings. The molecule has 0 amide bonds. The number of rotatable bonds is 4. The summed E-state index contributed by atoms with van der Waals surface area (Å²) in [6, 6.07) is 1.77. The van der Waals surface area contributed by atoms with Gasteiger partial charge in [-0.15, -0.1) is 0 Å². The highest BCUT2D eigenvalue weighted by atomic mass is 32.2. The van der Waals surface area contributed by atoms with Crippen molar-refractivity contribution in [3.05, 3.63) is 39.4 Å². The molecule has 6 nitrogen and oxygen atoms in total. The minimum Gasteiger partial charge on any atom is -0.367 e. The van der Waals surface area contributed by atoms with Crippen molar-refractivity contribution in [2.24, 2.45) is 0 Å². The Labute approximate surface area is 102 Å². The van der Waals surface area contributed by atoms with E-state index in [1.807, 2.05) is 0 Å². The lowest BCUT2D eigenvalue weighted by Crippen LogP contribution is -2.22. The fraction of sp³-hybridized carbons (Fsp3) is 0.222. The van der Waals surface area contributed by atoms with Crippen molar-refractivity contribution < 1.29 is 8.42 Å². The highest BCUT2D eigenvalue weighted by molar-refractivity contribution is 7.91. The molecule has 0 radical (unpaired) electrons. The van der Waals surface area contributed by atoms with Gasteiger partial charge in [-0.2, -0.15) is 0 Å². The molecule has 2 aromatic rings. The first kappa shape index (κ1) is 12.1. The molecule has 2 heterocycles. The lowest BCUT2D eigenvalue weighted by molar-refractivity contribution is 0.582. The fourth-order valence-corrected chi connectivity index (χ4v) is 3.72. The quantitative estimate of drug-likeness (QED) is 0.759. The molecule has 17 heavy (non-hydrogen) atoms. The van der Waals surface area contributed by atoms with E-state index in [0.717, 1.165) is 5.56 Å². The molecule has 0 unspecified atom stereocenters. The first-order chi connectivity index (χ1) is 7.99. The molecule has 92 valence electrons. The topological polar surface area (TPSA) is 94.8 Å². The Kier molecular flexibility index (Phi) is 3.18. The van der Waals surface area contributed by atoms with Crippen LogP contribution in [0.25, 0.3) is 0 Å². The number of hydrogen-bond donors (Lipinski definition) is 3. The van der Waals surface area contributed by atoms with E-state index in [1.54, 1.807) is 25.4 Å². The van der Waals surface area contributed by atoms with E-state index < -0.39 is 10.0 Å². The van der Waals surface area contributed by atoms with Crippen molar-refractivity contribution in [3.63, 3.8) is 0 Å². The van der Waals surface area contributed by atoms with Crippen molar-refractivity contribution in [2.75, 3.05) is 0 Å². The number of hydrogen-bond acceptors (Lipinski definition) is 4. The van der Waals surface area contributed by atoms with Gasteiger partial charge in [0.25, 0.3) is 10.0 Å². The molecule has 0 saturated carbocycles. The van der Waals surface area contributed by atoms with Gasteiger partial charge in [0.2, 0.25) is 0 Å². The van der Waals surface area contributed by atoms with E-state index in [1.165, 1.54) is 0 Å². The molecule has 0 spiro atoms. The van der Waals surface area contributed by atoms with Crippen molar-refractivity contribution in [3.8, 4) is 0 Å². The smallest absolute Gasteiger partial charge is 0.305 e. The zero-order chi connectivity index (χ0) is 12.5. The number of nitrogens with one attached hydrogen (secondary N) is 3. The Balaban J connectivity index is 2.20. The standard InChI is InChI=1S/C9H11N3O3S2/c1-6-8(16-9(13)12-6)17(14,15)11-5-7-2-3-10-4-7/h2-4,10-11H,5H2,1H3,(H,12,13). The summed E-state index contributed by atoms with van der Waals surface area (Å²) < 4.78 is 26.3. The summed E-state index contributed by atoms with van der Waals surface area (Å²) in [6.07, 6.45) is 3.42. The summed E-state index contributed by atoms with van der Waals surface area (Å²) in [6.45, 7) is 1.75. The Hall–Kier alpha value is -1.38. The average Bonchev–Trinajstić information content (AvgIpc) is 2.85. The van der Waals surface area contributed by atoms with Gasteiger partial charge in [0.1, 0.15) is 0 Å². The Morgan fingerprint density at radius 1 is 1.47 bits per heavy atom. The second kappa shape index (κ2) is 4.47. The van der Waals surface area contributed by atoms with Crippen molar-refractivity contribution in [1.29, 1.82) is 0 Å². The van der Waals surface area contributed by atoms with Gasteiger partial charge in [0.05, 0.1) is 0 Å².